The molecule has 0 heterocycles. The van der Waals surface area contributed by atoms with Crippen LogP contribution in [0.3, 0.4) is 0 Å². The molecule has 1 amide bonds. The summed E-state index contributed by atoms with van der Waals surface area (Å²) in [6.07, 6.45) is 0. The predicted molar refractivity (Wildman–Crippen MR) is 94.2 cm³/mol. The summed E-state index contributed by atoms with van der Waals surface area (Å²) in [6, 6.07) is 14.9. The molecule has 0 aliphatic heterocycles. The first-order valence-corrected chi connectivity index (χ1v) is 7.94. The maximum absolute atomic E-state index is 11.9. The van der Waals surface area contributed by atoms with E-state index in [0.29, 0.717) is 23.8 Å². The molecule has 0 aromatic heterocycles. The Morgan fingerprint density at radius 1 is 1.08 bits per heavy atom. The number of nitrogens with two attached hydrogens (primary N) is 1. The van der Waals surface area contributed by atoms with Crippen molar-refractivity contribution in [3.63, 3.8) is 0 Å². The van der Waals surface area contributed by atoms with Crippen molar-refractivity contribution in [3.8, 4) is 17.2 Å². The van der Waals surface area contributed by atoms with Crippen molar-refractivity contribution in [2.45, 2.75) is 26.4 Å². The van der Waals surface area contributed by atoms with Crippen LogP contribution in [0, 0.1) is 5.92 Å². The second-order valence-electron chi connectivity index (χ2n) is 5.76. The van der Waals surface area contributed by atoms with Gasteiger partial charge in [-0.15, -0.1) is 0 Å². The van der Waals surface area contributed by atoms with Gasteiger partial charge in [-0.2, -0.15) is 0 Å². The first-order chi connectivity index (χ1) is 11.5. The van der Waals surface area contributed by atoms with E-state index in [1.165, 1.54) is 0 Å². The number of carbonyl (C=O) groups is 1. The highest BCUT2D eigenvalue weighted by Crippen LogP contribution is 2.30. The van der Waals surface area contributed by atoms with Gasteiger partial charge in [0.1, 0.15) is 5.75 Å². The molecule has 24 heavy (non-hydrogen) atoms. The Morgan fingerprint density at radius 3 is 2.29 bits per heavy atom. The van der Waals surface area contributed by atoms with E-state index in [2.05, 4.69) is 5.32 Å². The van der Waals surface area contributed by atoms with Gasteiger partial charge in [-0.1, -0.05) is 31.2 Å². The highest BCUT2D eigenvalue weighted by Gasteiger charge is 2.16. The third-order valence-corrected chi connectivity index (χ3v) is 3.89. The highest BCUT2D eigenvalue weighted by atomic mass is 16.5. The number of nitrogens with one attached hydrogen (secondary N) is 1. The van der Waals surface area contributed by atoms with Gasteiger partial charge in [-0.05, 0) is 36.8 Å². The number of carbonyl (C=O) groups excluding carboxylic acids is 1. The van der Waals surface area contributed by atoms with Crippen LogP contribution in [0.25, 0.3) is 0 Å². The van der Waals surface area contributed by atoms with E-state index in [4.69, 9.17) is 15.2 Å². The molecule has 2 rings (SSSR count). The number of para-hydroxylation sites is 2. The molecule has 2 atom stereocenters. The Labute approximate surface area is 142 Å². The van der Waals surface area contributed by atoms with Crippen molar-refractivity contribution in [1.29, 1.82) is 0 Å². The molecule has 0 aliphatic carbocycles. The first kappa shape index (κ1) is 17.8. The molecule has 2 aromatic carbocycles. The molecular weight excluding hydrogens is 304 g/mol. The van der Waals surface area contributed by atoms with Gasteiger partial charge in [-0.25, -0.2) is 0 Å². The molecule has 5 nitrogen and oxygen atoms in total. The zero-order chi connectivity index (χ0) is 17.5. The van der Waals surface area contributed by atoms with Crippen LogP contribution in [0.1, 0.15) is 19.4 Å². The molecule has 128 valence electrons. The number of methoxy groups -OCH3 is 1. The third-order valence-electron chi connectivity index (χ3n) is 3.89. The lowest BCUT2D eigenvalue weighted by Gasteiger charge is -2.15. The molecule has 2 aromatic rings. The Kier molecular flexibility index (Phi) is 6.21. The van der Waals surface area contributed by atoms with Crippen molar-refractivity contribution >= 4 is 5.91 Å². The Morgan fingerprint density at radius 2 is 1.71 bits per heavy atom. The van der Waals surface area contributed by atoms with E-state index in [1.807, 2.05) is 62.4 Å². The Balaban J connectivity index is 1.95. The van der Waals surface area contributed by atoms with Gasteiger partial charge in [0.25, 0.3) is 0 Å². The molecule has 0 fully saturated rings. The Bertz CT molecular complexity index is 669. The summed E-state index contributed by atoms with van der Waals surface area (Å²) in [6.45, 7) is 4.11. The van der Waals surface area contributed by atoms with Crippen LogP contribution in [-0.2, 0) is 11.3 Å². The summed E-state index contributed by atoms with van der Waals surface area (Å²) in [7, 11) is 1.61. The van der Waals surface area contributed by atoms with E-state index in [-0.39, 0.29) is 17.9 Å². The molecule has 0 radical (unpaired) electrons. The first-order valence-electron chi connectivity index (χ1n) is 7.94. The molecule has 0 saturated carbocycles. The summed E-state index contributed by atoms with van der Waals surface area (Å²) in [5.74, 6) is 1.79. The minimum atomic E-state index is -0.210. The van der Waals surface area contributed by atoms with Crippen molar-refractivity contribution < 1.29 is 14.3 Å². The molecular formula is C19H24N2O3. The van der Waals surface area contributed by atoms with Gasteiger partial charge in [0, 0.05) is 18.5 Å². The summed E-state index contributed by atoms with van der Waals surface area (Å²) in [5, 5.41) is 2.89. The Hall–Kier alpha value is -2.53. The summed E-state index contributed by atoms with van der Waals surface area (Å²) in [5.41, 5.74) is 6.73. The largest absolute Gasteiger partial charge is 0.493 e. The van der Waals surface area contributed by atoms with E-state index >= 15 is 0 Å². The predicted octanol–water partition coefficient (Wildman–Crippen LogP) is 3.09. The molecule has 0 aliphatic rings. The van der Waals surface area contributed by atoms with Gasteiger partial charge in [0.15, 0.2) is 11.5 Å². The lowest BCUT2D eigenvalue weighted by Crippen LogP contribution is -2.38. The fourth-order valence-corrected chi connectivity index (χ4v) is 2.09. The second-order valence-corrected chi connectivity index (χ2v) is 5.76. The van der Waals surface area contributed by atoms with Crippen molar-refractivity contribution in [2.24, 2.45) is 11.7 Å². The molecule has 0 saturated heterocycles. The molecule has 5 heteroatoms. The van der Waals surface area contributed by atoms with Crippen molar-refractivity contribution in [1.82, 2.24) is 5.32 Å². The number of amides is 1. The normalized spacial score (nSPS) is 13.0. The minimum absolute atomic E-state index is 0.0423. The van der Waals surface area contributed by atoms with Crippen molar-refractivity contribution in [2.75, 3.05) is 7.11 Å². The maximum atomic E-state index is 11.9. The van der Waals surface area contributed by atoms with Gasteiger partial charge in [0.05, 0.1) is 7.11 Å². The van der Waals surface area contributed by atoms with Crippen LogP contribution in [0.15, 0.2) is 48.5 Å². The molecule has 0 spiro atoms. The van der Waals surface area contributed by atoms with E-state index in [0.717, 1.165) is 5.56 Å². The monoisotopic (exact) mass is 328 g/mol. The van der Waals surface area contributed by atoms with E-state index < -0.39 is 0 Å². The summed E-state index contributed by atoms with van der Waals surface area (Å²) in [4.78, 5) is 11.9. The quantitative estimate of drug-likeness (QED) is 0.819. The van der Waals surface area contributed by atoms with Crippen LogP contribution < -0.4 is 20.5 Å². The van der Waals surface area contributed by atoms with Crippen LogP contribution in [0.4, 0.5) is 0 Å². The SMILES string of the molecule is COc1ccccc1Oc1ccc(CNC(=O)C(C)C(C)N)cc1. The van der Waals surface area contributed by atoms with Crippen molar-refractivity contribution in [3.05, 3.63) is 54.1 Å². The average Bonchev–Trinajstić information content (AvgIpc) is 2.60. The second kappa shape index (κ2) is 8.36. The van der Waals surface area contributed by atoms with Gasteiger partial charge < -0.3 is 20.5 Å². The van der Waals surface area contributed by atoms with Crippen LogP contribution in [0.2, 0.25) is 0 Å². The smallest absolute Gasteiger partial charge is 0.224 e. The molecule has 2 unspecified atom stereocenters. The fourth-order valence-electron chi connectivity index (χ4n) is 2.09. The zero-order valence-electron chi connectivity index (χ0n) is 14.3. The molecule has 3 N–H and O–H groups in total. The van der Waals surface area contributed by atoms with Gasteiger partial charge in [-0.3, -0.25) is 4.79 Å². The standard InChI is InChI=1S/C19H24N2O3/c1-13(14(2)20)19(22)21-12-15-8-10-16(11-9-15)24-18-7-5-4-6-17(18)23-3/h4-11,13-14H,12,20H2,1-3H3,(H,21,22). The number of rotatable bonds is 7. The molecule has 0 bridgehead atoms. The summed E-state index contributed by atoms with van der Waals surface area (Å²) >= 11 is 0. The van der Waals surface area contributed by atoms with E-state index in [1.54, 1.807) is 7.11 Å². The third kappa shape index (κ3) is 4.73. The van der Waals surface area contributed by atoms with Gasteiger partial charge in [0.2, 0.25) is 5.91 Å². The highest BCUT2D eigenvalue weighted by molar-refractivity contribution is 5.78. The maximum Gasteiger partial charge on any atom is 0.224 e. The fraction of sp³-hybridized carbons (Fsp3) is 0.316. The lowest BCUT2D eigenvalue weighted by atomic mass is 10.0. The minimum Gasteiger partial charge on any atom is -0.493 e. The summed E-state index contributed by atoms with van der Waals surface area (Å²) < 4.78 is 11.1. The number of hydrogen-bond donors (Lipinski definition) is 2. The lowest BCUT2D eigenvalue weighted by molar-refractivity contribution is -0.125. The van der Waals surface area contributed by atoms with Crippen LogP contribution in [-0.4, -0.2) is 19.1 Å². The van der Waals surface area contributed by atoms with Crippen LogP contribution >= 0.6 is 0 Å². The van der Waals surface area contributed by atoms with Gasteiger partial charge >= 0.3 is 0 Å². The number of hydrogen-bond acceptors (Lipinski definition) is 4. The average molecular weight is 328 g/mol. The van der Waals surface area contributed by atoms with Crippen LogP contribution in [0.5, 0.6) is 17.2 Å². The number of benzene rings is 2. The van der Waals surface area contributed by atoms with E-state index in [9.17, 15) is 4.79 Å². The number of ether oxygens (including phenoxy) is 2. The topological polar surface area (TPSA) is 73.6 Å². The zero-order valence-corrected chi connectivity index (χ0v) is 14.3.